The number of aliphatic imine (C=N–C) groups is 1. The van der Waals surface area contributed by atoms with Crippen molar-refractivity contribution in [3.05, 3.63) is 48.3 Å². The van der Waals surface area contributed by atoms with Crippen LogP contribution in [0, 0.1) is 0 Å². The lowest BCUT2D eigenvalue weighted by molar-refractivity contribution is 0.171. The van der Waals surface area contributed by atoms with Crippen LogP contribution in [0.25, 0.3) is 0 Å². The molecule has 0 bridgehead atoms. The number of nitrogens with one attached hydrogen (secondary N) is 1. The van der Waals surface area contributed by atoms with Crippen LogP contribution >= 0.6 is 0 Å². The molecule has 0 atom stereocenters. The molecule has 0 fully saturated rings. The maximum absolute atomic E-state index is 5.64. The number of pyridine rings is 1. The highest BCUT2D eigenvalue weighted by Gasteiger charge is 2.13. The smallest absolute Gasteiger partial charge is 0.193 e. The second-order valence-electron chi connectivity index (χ2n) is 5.85. The molecule has 7 heteroatoms. The van der Waals surface area contributed by atoms with Crippen molar-refractivity contribution in [1.82, 2.24) is 15.2 Å². The molecular weight excluding hydrogens is 332 g/mol. The van der Waals surface area contributed by atoms with Crippen LogP contribution in [0.3, 0.4) is 0 Å². The zero-order chi connectivity index (χ0) is 18.2. The van der Waals surface area contributed by atoms with Crippen LogP contribution in [0.15, 0.2) is 47.7 Å². The predicted molar refractivity (Wildman–Crippen MR) is 100.0 cm³/mol. The number of fused-ring (bicyclic) bond motifs is 1. The molecule has 2 heterocycles. The summed E-state index contributed by atoms with van der Waals surface area (Å²) in [6, 6.07) is 9.75. The van der Waals surface area contributed by atoms with E-state index in [2.05, 4.69) is 20.2 Å². The van der Waals surface area contributed by atoms with Crippen molar-refractivity contribution >= 4 is 5.96 Å². The average Bonchev–Trinajstić information content (AvgIpc) is 2.68. The number of hydrogen-bond donors (Lipinski definition) is 1. The Labute approximate surface area is 153 Å². The average molecular weight is 356 g/mol. The largest absolute Gasteiger partial charge is 0.490 e. The SMILES string of the molecule is CN=C(NCCOc1cccnc1)N(C)Cc1ccc2c(c1)OCCO2. The molecule has 7 nitrogen and oxygen atoms in total. The molecule has 0 radical (unpaired) electrons. The zero-order valence-electron chi connectivity index (χ0n) is 15.1. The highest BCUT2D eigenvalue weighted by atomic mass is 16.6. The molecule has 3 rings (SSSR count). The van der Waals surface area contributed by atoms with E-state index in [9.17, 15) is 0 Å². The predicted octanol–water partition coefficient (Wildman–Crippen LogP) is 1.94. The maximum atomic E-state index is 5.64. The van der Waals surface area contributed by atoms with Crippen LogP contribution in [0.2, 0.25) is 0 Å². The van der Waals surface area contributed by atoms with Gasteiger partial charge in [0, 0.05) is 26.8 Å². The lowest BCUT2D eigenvalue weighted by Gasteiger charge is -2.23. The first kappa shape index (κ1) is 17.8. The second-order valence-corrected chi connectivity index (χ2v) is 5.85. The summed E-state index contributed by atoms with van der Waals surface area (Å²) in [5, 5.41) is 3.30. The molecule has 138 valence electrons. The Kier molecular flexibility index (Phi) is 6.14. The lowest BCUT2D eigenvalue weighted by atomic mass is 10.2. The number of aromatic nitrogens is 1. The zero-order valence-corrected chi connectivity index (χ0v) is 15.1. The Morgan fingerprint density at radius 1 is 1.27 bits per heavy atom. The van der Waals surface area contributed by atoms with E-state index in [1.54, 1.807) is 19.4 Å². The van der Waals surface area contributed by atoms with Crippen molar-refractivity contribution in [2.45, 2.75) is 6.54 Å². The van der Waals surface area contributed by atoms with E-state index in [-0.39, 0.29) is 0 Å². The molecule has 0 unspecified atom stereocenters. The van der Waals surface area contributed by atoms with Crippen molar-refractivity contribution in [2.75, 3.05) is 40.5 Å². The highest BCUT2D eigenvalue weighted by Crippen LogP contribution is 2.31. The summed E-state index contributed by atoms with van der Waals surface area (Å²) < 4.78 is 16.8. The van der Waals surface area contributed by atoms with Crippen LogP contribution < -0.4 is 19.5 Å². The minimum Gasteiger partial charge on any atom is -0.490 e. The van der Waals surface area contributed by atoms with Gasteiger partial charge in [0.25, 0.3) is 0 Å². The number of guanidine groups is 1. The number of hydrogen-bond acceptors (Lipinski definition) is 5. The van der Waals surface area contributed by atoms with Crippen molar-refractivity contribution in [3.8, 4) is 17.2 Å². The molecule has 0 aliphatic carbocycles. The van der Waals surface area contributed by atoms with E-state index in [0.29, 0.717) is 32.9 Å². The number of benzene rings is 1. The first-order chi connectivity index (χ1) is 12.8. The van der Waals surface area contributed by atoms with Crippen LogP contribution in [0.1, 0.15) is 5.56 Å². The van der Waals surface area contributed by atoms with Gasteiger partial charge in [-0.3, -0.25) is 9.98 Å². The minimum atomic E-state index is 0.530. The standard InChI is InChI=1S/C19H24N4O3/c1-20-19(22-8-9-24-16-4-3-7-21-13-16)23(2)14-15-5-6-17-18(12-15)26-11-10-25-17/h3-7,12-13H,8-11,14H2,1-2H3,(H,20,22). The summed E-state index contributed by atoms with van der Waals surface area (Å²) in [6.45, 7) is 3.08. The van der Waals surface area contributed by atoms with E-state index in [1.165, 1.54) is 0 Å². The Morgan fingerprint density at radius 3 is 2.88 bits per heavy atom. The fraction of sp³-hybridized carbons (Fsp3) is 0.368. The van der Waals surface area contributed by atoms with Crippen LogP contribution in [0.4, 0.5) is 0 Å². The third kappa shape index (κ3) is 4.78. The summed E-state index contributed by atoms with van der Waals surface area (Å²) in [6.07, 6.45) is 3.42. The minimum absolute atomic E-state index is 0.530. The highest BCUT2D eigenvalue weighted by molar-refractivity contribution is 5.79. The van der Waals surface area contributed by atoms with E-state index < -0.39 is 0 Å². The summed E-state index contributed by atoms with van der Waals surface area (Å²) in [7, 11) is 3.76. The maximum Gasteiger partial charge on any atom is 0.193 e. The Morgan fingerprint density at radius 2 is 2.12 bits per heavy atom. The summed E-state index contributed by atoms with van der Waals surface area (Å²) in [4.78, 5) is 10.4. The van der Waals surface area contributed by atoms with Gasteiger partial charge in [0.1, 0.15) is 25.6 Å². The second kappa shape index (κ2) is 8.94. The van der Waals surface area contributed by atoms with Gasteiger partial charge in [-0.05, 0) is 29.8 Å². The molecule has 0 spiro atoms. The third-order valence-electron chi connectivity index (χ3n) is 3.89. The summed E-state index contributed by atoms with van der Waals surface area (Å²) in [5.41, 5.74) is 1.13. The van der Waals surface area contributed by atoms with Gasteiger partial charge in [0.15, 0.2) is 17.5 Å². The van der Waals surface area contributed by atoms with Gasteiger partial charge in [-0.2, -0.15) is 0 Å². The van der Waals surface area contributed by atoms with E-state index >= 15 is 0 Å². The van der Waals surface area contributed by atoms with Crippen molar-refractivity contribution in [2.24, 2.45) is 4.99 Å². The van der Waals surface area contributed by atoms with Crippen molar-refractivity contribution in [1.29, 1.82) is 0 Å². The quantitative estimate of drug-likeness (QED) is 0.485. The van der Waals surface area contributed by atoms with Crippen molar-refractivity contribution in [3.63, 3.8) is 0 Å². The van der Waals surface area contributed by atoms with Gasteiger partial charge >= 0.3 is 0 Å². The number of ether oxygens (including phenoxy) is 3. The molecule has 1 N–H and O–H groups in total. The Hall–Kier alpha value is -2.96. The summed E-state index contributed by atoms with van der Waals surface area (Å²) in [5.74, 6) is 3.16. The molecule has 0 saturated carbocycles. The van der Waals surface area contributed by atoms with Gasteiger partial charge in [-0.1, -0.05) is 6.07 Å². The van der Waals surface area contributed by atoms with Gasteiger partial charge in [-0.15, -0.1) is 0 Å². The molecule has 26 heavy (non-hydrogen) atoms. The van der Waals surface area contributed by atoms with Crippen molar-refractivity contribution < 1.29 is 14.2 Å². The molecule has 0 amide bonds. The van der Waals surface area contributed by atoms with E-state index in [4.69, 9.17) is 14.2 Å². The van der Waals surface area contributed by atoms with E-state index in [0.717, 1.165) is 28.8 Å². The van der Waals surface area contributed by atoms with Gasteiger partial charge in [0.2, 0.25) is 0 Å². The number of nitrogens with zero attached hydrogens (tertiary/aromatic N) is 3. The normalized spacial score (nSPS) is 13.2. The van der Waals surface area contributed by atoms with Gasteiger partial charge in [-0.25, -0.2) is 0 Å². The lowest BCUT2D eigenvalue weighted by Crippen LogP contribution is -2.40. The number of rotatable bonds is 6. The topological polar surface area (TPSA) is 68.2 Å². The fourth-order valence-electron chi connectivity index (χ4n) is 2.68. The van der Waals surface area contributed by atoms with Crippen LogP contribution in [-0.2, 0) is 6.54 Å². The summed E-state index contributed by atoms with van der Waals surface area (Å²) >= 11 is 0. The first-order valence-corrected chi connectivity index (χ1v) is 8.59. The van der Waals surface area contributed by atoms with Gasteiger partial charge < -0.3 is 24.4 Å². The fourth-order valence-corrected chi connectivity index (χ4v) is 2.68. The Balaban J connectivity index is 1.48. The van der Waals surface area contributed by atoms with Crippen LogP contribution in [-0.4, -0.2) is 56.3 Å². The third-order valence-corrected chi connectivity index (χ3v) is 3.89. The molecule has 0 saturated heterocycles. The van der Waals surface area contributed by atoms with Crippen LogP contribution in [0.5, 0.6) is 17.2 Å². The monoisotopic (exact) mass is 356 g/mol. The molecule has 2 aromatic rings. The van der Waals surface area contributed by atoms with E-state index in [1.807, 2.05) is 37.4 Å². The molecule has 1 aliphatic heterocycles. The molecular formula is C19H24N4O3. The van der Waals surface area contributed by atoms with Gasteiger partial charge in [0.05, 0.1) is 12.7 Å². The Bertz CT molecular complexity index is 737. The molecule has 1 aliphatic rings. The molecule has 1 aromatic heterocycles. The molecule has 1 aromatic carbocycles. The first-order valence-electron chi connectivity index (χ1n) is 8.59.